The fourth-order valence-corrected chi connectivity index (χ4v) is 2.47. The van der Waals surface area contributed by atoms with Gasteiger partial charge in [0.1, 0.15) is 5.82 Å². The van der Waals surface area contributed by atoms with Crippen LogP contribution in [0.25, 0.3) is 0 Å². The summed E-state index contributed by atoms with van der Waals surface area (Å²) in [5.74, 6) is -1.72. The minimum absolute atomic E-state index is 0.172. The number of anilines is 1. The monoisotopic (exact) mass is 343 g/mol. The van der Waals surface area contributed by atoms with Gasteiger partial charge >= 0.3 is 5.97 Å². The third-order valence-corrected chi connectivity index (χ3v) is 4.29. The van der Waals surface area contributed by atoms with Gasteiger partial charge in [0, 0.05) is 11.6 Å². The van der Waals surface area contributed by atoms with Gasteiger partial charge in [0.25, 0.3) is 0 Å². The molecule has 0 heterocycles. The maximum atomic E-state index is 13.2. The maximum Gasteiger partial charge on any atom is 0.313 e. The molecule has 5 heteroatoms. The molecule has 0 aromatic heterocycles. The molecular weight excluding hydrogens is 321 g/mol. The van der Waals surface area contributed by atoms with Gasteiger partial charge < -0.3 is 10.4 Å². The predicted octanol–water partition coefficient (Wildman–Crippen LogP) is 4.01. The molecule has 132 valence electrons. The first-order chi connectivity index (χ1) is 11.7. The third-order valence-electron chi connectivity index (χ3n) is 4.29. The van der Waals surface area contributed by atoms with E-state index >= 15 is 0 Å². The summed E-state index contributed by atoms with van der Waals surface area (Å²) in [6.07, 6.45) is 0.438. The lowest BCUT2D eigenvalue weighted by molar-refractivity contribution is -0.142. The Morgan fingerprint density at radius 1 is 1.16 bits per heavy atom. The summed E-state index contributed by atoms with van der Waals surface area (Å²) in [6.45, 7) is 5.04. The molecule has 0 radical (unpaired) electrons. The molecule has 0 bridgehead atoms. The minimum Gasteiger partial charge on any atom is -0.481 e. The molecule has 0 saturated heterocycles. The van der Waals surface area contributed by atoms with E-state index in [-0.39, 0.29) is 17.6 Å². The quantitative estimate of drug-likeness (QED) is 0.833. The number of hydrogen-bond acceptors (Lipinski definition) is 2. The summed E-state index contributed by atoms with van der Waals surface area (Å²) < 4.78 is 13.2. The van der Waals surface area contributed by atoms with Gasteiger partial charge in [0.05, 0.1) is 5.41 Å². The number of carbonyl (C=O) groups is 2. The van der Waals surface area contributed by atoms with E-state index in [4.69, 9.17) is 0 Å². The molecule has 2 aromatic rings. The fourth-order valence-electron chi connectivity index (χ4n) is 2.47. The molecular formula is C20H22FNO3. The van der Waals surface area contributed by atoms with Crippen LogP contribution in [0.4, 0.5) is 10.1 Å². The molecule has 25 heavy (non-hydrogen) atoms. The topological polar surface area (TPSA) is 66.4 Å². The number of rotatable bonds is 6. The molecule has 0 fully saturated rings. The van der Waals surface area contributed by atoms with Crippen LogP contribution in [-0.2, 0) is 21.4 Å². The summed E-state index contributed by atoms with van der Waals surface area (Å²) in [5.41, 5.74) is 1.03. The second-order valence-corrected chi connectivity index (χ2v) is 6.73. The first-order valence-electron chi connectivity index (χ1n) is 8.09. The molecule has 2 aromatic carbocycles. The van der Waals surface area contributed by atoms with Crippen LogP contribution in [0.15, 0.2) is 48.5 Å². The Kier molecular flexibility index (Phi) is 5.57. The highest BCUT2D eigenvalue weighted by molar-refractivity contribution is 5.92. The van der Waals surface area contributed by atoms with Gasteiger partial charge in [-0.2, -0.15) is 0 Å². The maximum absolute atomic E-state index is 13.2. The Morgan fingerprint density at radius 3 is 2.36 bits per heavy atom. The lowest BCUT2D eigenvalue weighted by Crippen LogP contribution is -2.28. The van der Waals surface area contributed by atoms with E-state index in [2.05, 4.69) is 5.32 Å². The van der Waals surface area contributed by atoms with E-state index < -0.39 is 11.4 Å². The van der Waals surface area contributed by atoms with Crippen LogP contribution in [0.2, 0.25) is 0 Å². The summed E-state index contributed by atoms with van der Waals surface area (Å²) >= 11 is 0. The molecule has 0 spiro atoms. The summed E-state index contributed by atoms with van der Waals surface area (Å²) in [7, 11) is 0. The van der Waals surface area contributed by atoms with Crippen molar-refractivity contribution in [3.63, 3.8) is 0 Å². The fraction of sp³-hybridized carbons (Fsp3) is 0.300. The Balaban J connectivity index is 2.01. The number of nitrogens with one attached hydrogen (secondary N) is 1. The van der Waals surface area contributed by atoms with Crippen LogP contribution >= 0.6 is 0 Å². The van der Waals surface area contributed by atoms with Crippen LogP contribution in [0.5, 0.6) is 0 Å². The molecule has 0 aliphatic carbocycles. The van der Waals surface area contributed by atoms with Gasteiger partial charge in [-0.3, -0.25) is 9.59 Å². The normalized spacial score (nSPS) is 12.5. The van der Waals surface area contributed by atoms with Gasteiger partial charge in [-0.1, -0.05) is 31.2 Å². The lowest BCUT2D eigenvalue weighted by Gasteiger charge is -2.20. The van der Waals surface area contributed by atoms with Crippen molar-refractivity contribution in [3.05, 3.63) is 65.5 Å². The van der Waals surface area contributed by atoms with Crippen molar-refractivity contribution in [2.24, 2.45) is 5.92 Å². The number of amides is 1. The van der Waals surface area contributed by atoms with Gasteiger partial charge in [-0.25, -0.2) is 4.39 Å². The highest BCUT2D eigenvalue weighted by Crippen LogP contribution is 2.25. The molecule has 1 unspecified atom stereocenters. The molecule has 2 N–H and O–H groups in total. The number of hydrogen-bond donors (Lipinski definition) is 2. The van der Waals surface area contributed by atoms with Gasteiger partial charge in [-0.05, 0) is 55.7 Å². The Labute approximate surface area is 146 Å². The summed E-state index contributed by atoms with van der Waals surface area (Å²) in [6, 6.07) is 13.0. The Hall–Kier alpha value is -2.69. The second kappa shape index (κ2) is 7.47. The molecule has 1 atom stereocenters. The predicted molar refractivity (Wildman–Crippen MR) is 95.0 cm³/mol. The summed E-state index contributed by atoms with van der Waals surface area (Å²) in [4.78, 5) is 23.6. The molecule has 4 nitrogen and oxygen atoms in total. The van der Waals surface area contributed by atoms with Crippen LogP contribution < -0.4 is 5.32 Å². The smallest absolute Gasteiger partial charge is 0.313 e. The largest absolute Gasteiger partial charge is 0.481 e. The number of carboxylic acids is 1. The zero-order valence-electron chi connectivity index (χ0n) is 14.5. The van der Waals surface area contributed by atoms with Crippen molar-refractivity contribution in [2.45, 2.75) is 32.6 Å². The zero-order chi connectivity index (χ0) is 18.6. The van der Waals surface area contributed by atoms with E-state index in [9.17, 15) is 19.1 Å². The molecule has 0 aliphatic heterocycles. The average molecular weight is 343 g/mol. The Morgan fingerprint density at radius 2 is 1.80 bits per heavy atom. The van der Waals surface area contributed by atoms with Gasteiger partial charge in [-0.15, -0.1) is 0 Å². The van der Waals surface area contributed by atoms with Crippen molar-refractivity contribution in [1.29, 1.82) is 0 Å². The number of carboxylic acid groups (broad SMARTS) is 1. The van der Waals surface area contributed by atoms with E-state index in [0.29, 0.717) is 17.7 Å². The first-order valence-corrected chi connectivity index (χ1v) is 8.09. The van der Waals surface area contributed by atoms with E-state index in [1.165, 1.54) is 12.1 Å². The number of carbonyl (C=O) groups excluding carboxylic acids is 1. The average Bonchev–Trinajstić information content (AvgIpc) is 2.55. The second-order valence-electron chi connectivity index (χ2n) is 6.73. The van der Waals surface area contributed by atoms with Crippen LogP contribution in [0, 0.1) is 11.7 Å². The van der Waals surface area contributed by atoms with E-state index in [0.717, 1.165) is 5.56 Å². The molecule has 0 aliphatic rings. The highest BCUT2D eigenvalue weighted by atomic mass is 19.1. The van der Waals surface area contributed by atoms with Gasteiger partial charge in [0.15, 0.2) is 0 Å². The van der Waals surface area contributed by atoms with Crippen LogP contribution in [0.3, 0.4) is 0 Å². The Bertz CT molecular complexity index is 769. The SMILES string of the molecule is CC(Cc1cccc(F)c1)C(=O)Nc1ccc(C(C)(C)C(=O)O)cc1. The summed E-state index contributed by atoms with van der Waals surface area (Å²) in [5, 5.41) is 12.0. The van der Waals surface area contributed by atoms with Gasteiger partial charge in [0.2, 0.25) is 5.91 Å². The van der Waals surface area contributed by atoms with Crippen molar-refractivity contribution >= 4 is 17.6 Å². The van der Waals surface area contributed by atoms with Crippen molar-refractivity contribution in [3.8, 4) is 0 Å². The standard InChI is InChI=1S/C20H22FNO3/c1-13(11-14-5-4-6-16(21)12-14)18(23)22-17-9-7-15(8-10-17)20(2,3)19(24)25/h4-10,12-13H,11H2,1-3H3,(H,22,23)(H,24,25). The first kappa shape index (κ1) is 18.6. The van der Waals surface area contributed by atoms with Crippen LogP contribution in [-0.4, -0.2) is 17.0 Å². The van der Waals surface area contributed by atoms with Crippen LogP contribution in [0.1, 0.15) is 31.9 Å². The van der Waals surface area contributed by atoms with Crippen molar-refractivity contribution in [1.82, 2.24) is 0 Å². The van der Waals surface area contributed by atoms with E-state index in [1.54, 1.807) is 57.2 Å². The zero-order valence-corrected chi connectivity index (χ0v) is 14.5. The van der Waals surface area contributed by atoms with E-state index in [1.807, 2.05) is 0 Å². The van der Waals surface area contributed by atoms with Crippen molar-refractivity contribution < 1.29 is 19.1 Å². The lowest BCUT2D eigenvalue weighted by atomic mass is 9.85. The number of benzene rings is 2. The highest BCUT2D eigenvalue weighted by Gasteiger charge is 2.29. The molecule has 0 saturated carbocycles. The van der Waals surface area contributed by atoms with Crippen molar-refractivity contribution in [2.75, 3.05) is 5.32 Å². The molecule has 2 rings (SSSR count). The molecule has 1 amide bonds. The minimum atomic E-state index is -0.993. The number of halogens is 1. The third kappa shape index (κ3) is 4.66. The number of aliphatic carboxylic acids is 1.